The highest BCUT2D eigenvalue weighted by Crippen LogP contribution is 2.46. The van der Waals surface area contributed by atoms with Crippen molar-refractivity contribution >= 4 is 0 Å². The van der Waals surface area contributed by atoms with Crippen molar-refractivity contribution in [1.82, 2.24) is 0 Å². The second kappa shape index (κ2) is 3.74. The Kier molecular flexibility index (Phi) is 2.57. The van der Waals surface area contributed by atoms with E-state index in [1.807, 2.05) is 18.2 Å². The van der Waals surface area contributed by atoms with Gasteiger partial charge in [0.15, 0.2) is 0 Å². The van der Waals surface area contributed by atoms with Crippen LogP contribution < -0.4 is 15.2 Å². The maximum absolute atomic E-state index is 6.32. The first-order chi connectivity index (χ1) is 7.21. The molecule has 3 heteroatoms. The van der Waals surface area contributed by atoms with E-state index >= 15 is 0 Å². The molecule has 0 unspecified atom stereocenters. The normalized spacial score (nSPS) is 18.1. The van der Waals surface area contributed by atoms with Crippen molar-refractivity contribution in [2.45, 2.75) is 24.8 Å². The Labute approximate surface area is 90.2 Å². The summed E-state index contributed by atoms with van der Waals surface area (Å²) < 4.78 is 10.7. The van der Waals surface area contributed by atoms with Crippen LogP contribution in [0, 0.1) is 0 Å². The van der Waals surface area contributed by atoms with Crippen LogP contribution in [0.25, 0.3) is 0 Å². The Morgan fingerprint density at radius 1 is 1.13 bits per heavy atom. The molecule has 2 N–H and O–H groups in total. The predicted octanol–water partition coefficient (Wildman–Crippen LogP) is 2.04. The fourth-order valence-electron chi connectivity index (χ4n) is 2.15. The van der Waals surface area contributed by atoms with E-state index in [1.165, 1.54) is 6.42 Å². The Bertz CT molecular complexity index is 336. The Balaban J connectivity index is 2.50. The minimum absolute atomic E-state index is 0.252. The van der Waals surface area contributed by atoms with Crippen molar-refractivity contribution in [2.75, 3.05) is 14.2 Å². The van der Waals surface area contributed by atoms with Gasteiger partial charge in [-0.05, 0) is 31.4 Å². The summed E-state index contributed by atoms with van der Waals surface area (Å²) >= 11 is 0. The average Bonchev–Trinajstić information content (AvgIpc) is 2.24. The highest BCUT2D eigenvalue weighted by molar-refractivity contribution is 5.50. The third-order valence-corrected chi connectivity index (χ3v) is 3.17. The molecule has 1 aromatic rings. The van der Waals surface area contributed by atoms with E-state index in [1.54, 1.807) is 14.2 Å². The summed E-state index contributed by atoms with van der Waals surface area (Å²) in [7, 11) is 3.33. The maximum atomic E-state index is 6.32. The number of nitrogens with two attached hydrogens (primary N) is 1. The van der Waals surface area contributed by atoms with E-state index < -0.39 is 0 Å². The molecule has 0 amide bonds. The monoisotopic (exact) mass is 207 g/mol. The molecule has 0 spiro atoms. The van der Waals surface area contributed by atoms with Gasteiger partial charge in [0.1, 0.15) is 11.5 Å². The van der Waals surface area contributed by atoms with Gasteiger partial charge in [0.2, 0.25) is 0 Å². The van der Waals surface area contributed by atoms with Gasteiger partial charge < -0.3 is 15.2 Å². The van der Waals surface area contributed by atoms with Gasteiger partial charge in [0.25, 0.3) is 0 Å². The molecule has 1 aliphatic rings. The van der Waals surface area contributed by atoms with Crippen molar-refractivity contribution in [2.24, 2.45) is 5.73 Å². The molecule has 0 saturated heterocycles. The SMILES string of the molecule is COc1cccc(OC)c1C1(N)CCC1. The molecular formula is C12H17NO2. The first-order valence-electron chi connectivity index (χ1n) is 5.21. The molecule has 3 nitrogen and oxygen atoms in total. The molecule has 0 radical (unpaired) electrons. The summed E-state index contributed by atoms with van der Waals surface area (Å²) in [5, 5.41) is 0. The molecule has 2 rings (SSSR count). The minimum atomic E-state index is -0.252. The molecule has 1 aliphatic carbocycles. The number of ether oxygens (including phenoxy) is 2. The third-order valence-electron chi connectivity index (χ3n) is 3.17. The zero-order valence-electron chi connectivity index (χ0n) is 9.25. The van der Waals surface area contributed by atoms with Crippen LogP contribution in [0.15, 0.2) is 18.2 Å². The Hall–Kier alpha value is -1.22. The average molecular weight is 207 g/mol. The van der Waals surface area contributed by atoms with Crippen LogP contribution in [0.2, 0.25) is 0 Å². The van der Waals surface area contributed by atoms with Crippen molar-refractivity contribution in [3.05, 3.63) is 23.8 Å². The quantitative estimate of drug-likeness (QED) is 0.825. The number of methoxy groups -OCH3 is 2. The smallest absolute Gasteiger partial charge is 0.127 e. The lowest BCUT2D eigenvalue weighted by Crippen LogP contribution is -2.43. The van der Waals surface area contributed by atoms with Gasteiger partial charge in [-0.3, -0.25) is 0 Å². The molecule has 82 valence electrons. The Morgan fingerprint density at radius 3 is 2.00 bits per heavy atom. The summed E-state index contributed by atoms with van der Waals surface area (Å²) in [6.07, 6.45) is 3.19. The lowest BCUT2D eigenvalue weighted by Gasteiger charge is -2.40. The molecule has 1 fully saturated rings. The lowest BCUT2D eigenvalue weighted by molar-refractivity contribution is 0.234. The maximum Gasteiger partial charge on any atom is 0.127 e. The van der Waals surface area contributed by atoms with Gasteiger partial charge >= 0.3 is 0 Å². The predicted molar refractivity (Wildman–Crippen MR) is 59.3 cm³/mol. The van der Waals surface area contributed by atoms with Crippen LogP contribution in [0.4, 0.5) is 0 Å². The molecular weight excluding hydrogens is 190 g/mol. The fourth-order valence-corrected chi connectivity index (χ4v) is 2.15. The fraction of sp³-hybridized carbons (Fsp3) is 0.500. The van der Waals surface area contributed by atoms with E-state index in [2.05, 4.69) is 0 Å². The molecule has 1 saturated carbocycles. The zero-order chi connectivity index (χ0) is 10.9. The van der Waals surface area contributed by atoms with Gasteiger partial charge in [0.05, 0.1) is 19.8 Å². The van der Waals surface area contributed by atoms with Gasteiger partial charge in [-0.2, -0.15) is 0 Å². The van der Waals surface area contributed by atoms with E-state index in [-0.39, 0.29) is 5.54 Å². The van der Waals surface area contributed by atoms with Crippen LogP contribution in [0.1, 0.15) is 24.8 Å². The van der Waals surface area contributed by atoms with Crippen LogP contribution in [-0.4, -0.2) is 14.2 Å². The topological polar surface area (TPSA) is 44.5 Å². The summed E-state index contributed by atoms with van der Waals surface area (Å²) in [5.74, 6) is 1.66. The second-order valence-electron chi connectivity index (χ2n) is 4.05. The van der Waals surface area contributed by atoms with Gasteiger partial charge in [-0.15, -0.1) is 0 Å². The van der Waals surface area contributed by atoms with E-state index in [4.69, 9.17) is 15.2 Å². The standard InChI is InChI=1S/C12H17NO2/c1-14-9-5-3-6-10(15-2)11(9)12(13)7-4-8-12/h3,5-6H,4,7-8,13H2,1-2H3. The highest BCUT2D eigenvalue weighted by Gasteiger charge is 2.39. The second-order valence-corrected chi connectivity index (χ2v) is 4.05. The summed E-state index contributed by atoms with van der Waals surface area (Å²) in [6.45, 7) is 0. The van der Waals surface area contributed by atoms with Gasteiger partial charge in [-0.25, -0.2) is 0 Å². The van der Waals surface area contributed by atoms with E-state index in [9.17, 15) is 0 Å². The van der Waals surface area contributed by atoms with E-state index in [0.29, 0.717) is 0 Å². The first-order valence-corrected chi connectivity index (χ1v) is 5.21. The Morgan fingerprint density at radius 2 is 1.67 bits per heavy atom. The summed E-state index contributed by atoms with van der Waals surface area (Å²) in [5.41, 5.74) is 7.08. The van der Waals surface area contributed by atoms with Crippen LogP contribution in [0.3, 0.4) is 0 Å². The summed E-state index contributed by atoms with van der Waals surface area (Å²) in [6, 6.07) is 5.79. The van der Waals surface area contributed by atoms with Crippen LogP contribution in [-0.2, 0) is 5.54 Å². The van der Waals surface area contributed by atoms with Crippen LogP contribution in [0.5, 0.6) is 11.5 Å². The zero-order valence-corrected chi connectivity index (χ0v) is 9.25. The van der Waals surface area contributed by atoms with Gasteiger partial charge in [-0.1, -0.05) is 6.07 Å². The lowest BCUT2D eigenvalue weighted by atomic mass is 9.72. The van der Waals surface area contributed by atoms with Crippen molar-refractivity contribution in [3.63, 3.8) is 0 Å². The van der Waals surface area contributed by atoms with E-state index in [0.717, 1.165) is 29.9 Å². The number of hydrogen-bond acceptors (Lipinski definition) is 3. The molecule has 15 heavy (non-hydrogen) atoms. The van der Waals surface area contributed by atoms with Crippen molar-refractivity contribution < 1.29 is 9.47 Å². The number of benzene rings is 1. The molecule has 1 aromatic carbocycles. The molecule has 0 atom stereocenters. The third kappa shape index (κ3) is 1.57. The number of rotatable bonds is 3. The highest BCUT2D eigenvalue weighted by atomic mass is 16.5. The molecule has 0 bridgehead atoms. The van der Waals surface area contributed by atoms with Crippen molar-refractivity contribution in [3.8, 4) is 11.5 Å². The number of hydrogen-bond donors (Lipinski definition) is 1. The molecule has 0 aromatic heterocycles. The first kappa shape index (κ1) is 10.3. The summed E-state index contributed by atoms with van der Waals surface area (Å²) in [4.78, 5) is 0. The molecule has 0 aliphatic heterocycles. The van der Waals surface area contributed by atoms with Gasteiger partial charge in [0, 0.05) is 5.54 Å². The van der Waals surface area contributed by atoms with Crippen molar-refractivity contribution in [1.29, 1.82) is 0 Å². The largest absolute Gasteiger partial charge is 0.496 e. The van der Waals surface area contributed by atoms with Crippen LogP contribution >= 0.6 is 0 Å². The minimum Gasteiger partial charge on any atom is -0.496 e. The molecule has 0 heterocycles.